The highest BCUT2D eigenvalue weighted by molar-refractivity contribution is 7.53. The number of imidazole rings is 1. The highest BCUT2D eigenvalue weighted by Crippen LogP contribution is 2.50. The standard InChI is InChI=1S/C10H16N5O5P/c1-10(2,21(17,18)19)20-4-3-15-5-12-6-7(15)13-9(11)14-8(6)16/h5H,3-4H2,1-2H3,(H2,17,18,19)(H3,11,13,14,16). The summed E-state index contributed by atoms with van der Waals surface area (Å²) in [5.74, 6) is -0.0364. The van der Waals surface area contributed by atoms with Crippen LogP contribution in [0.1, 0.15) is 13.8 Å². The number of nitrogens with two attached hydrogens (primary N) is 1. The van der Waals surface area contributed by atoms with E-state index in [9.17, 15) is 9.36 Å². The van der Waals surface area contributed by atoms with E-state index < -0.39 is 18.5 Å². The van der Waals surface area contributed by atoms with E-state index in [1.807, 2.05) is 0 Å². The molecule has 0 aliphatic rings. The molecular weight excluding hydrogens is 301 g/mol. The maximum absolute atomic E-state index is 11.6. The molecule has 0 saturated carbocycles. The van der Waals surface area contributed by atoms with E-state index in [4.69, 9.17) is 20.3 Å². The van der Waals surface area contributed by atoms with Gasteiger partial charge < -0.3 is 24.8 Å². The maximum atomic E-state index is 11.6. The molecule has 0 aliphatic heterocycles. The predicted molar refractivity (Wildman–Crippen MR) is 74.6 cm³/mol. The zero-order valence-electron chi connectivity index (χ0n) is 11.5. The molecule has 0 radical (unpaired) electrons. The van der Waals surface area contributed by atoms with Crippen molar-refractivity contribution in [3.05, 3.63) is 16.7 Å². The van der Waals surface area contributed by atoms with E-state index in [2.05, 4.69) is 15.0 Å². The van der Waals surface area contributed by atoms with Crippen LogP contribution in [0, 0.1) is 0 Å². The minimum absolute atomic E-state index is 0.0119. The predicted octanol–water partition coefficient (Wildman–Crippen LogP) is -0.368. The smallest absolute Gasteiger partial charge is 0.356 e. The van der Waals surface area contributed by atoms with E-state index >= 15 is 0 Å². The Labute approximate surface area is 119 Å². The number of hydrogen-bond donors (Lipinski definition) is 4. The second-order valence-electron chi connectivity index (χ2n) is 4.90. The van der Waals surface area contributed by atoms with Crippen LogP contribution >= 0.6 is 7.60 Å². The molecule has 2 aromatic rings. The van der Waals surface area contributed by atoms with Gasteiger partial charge in [-0.1, -0.05) is 0 Å². The lowest BCUT2D eigenvalue weighted by Crippen LogP contribution is -2.26. The van der Waals surface area contributed by atoms with Gasteiger partial charge in [0.1, 0.15) is 0 Å². The van der Waals surface area contributed by atoms with E-state index in [0.717, 1.165) is 0 Å². The number of hydrogen-bond acceptors (Lipinski definition) is 6. The summed E-state index contributed by atoms with van der Waals surface area (Å²) in [5.41, 5.74) is 5.44. The Kier molecular flexibility index (Phi) is 3.89. The molecule has 0 unspecified atom stereocenters. The van der Waals surface area contributed by atoms with Crippen LogP contribution in [-0.4, -0.2) is 41.3 Å². The van der Waals surface area contributed by atoms with Crippen molar-refractivity contribution in [2.24, 2.45) is 0 Å². The molecule has 0 fully saturated rings. The second-order valence-corrected chi connectivity index (χ2v) is 7.07. The first-order valence-electron chi connectivity index (χ1n) is 6.02. The molecule has 0 spiro atoms. The van der Waals surface area contributed by atoms with Crippen LogP contribution in [0.5, 0.6) is 0 Å². The average Bonchev–Trinajstić information content (AvgIpc) is 2.71. The van der Waals surface area contributed by atoms with E-state index in [0.29, 0.717) is 0 Å². The normalized spacial score (nSPS) is 13.0. The van der Waals surface area contributed by atoms with Crippen LogP contribution in [0.3, 0.4) is 0 Å². The van der Waals surface area contributed by atoms with Gasteiger partial charge >= 0.3 is 7.60 Å². The summed E-state index contributed by atoms with van der Waals surface area (Å²) in [4.78, 5) is 40.1. The average molecular weight is 317 g/mol. The quantitative estimate of drug-likeness (QED) is 0.544. The Balaban J connectivity index is 2.15. The van der Waals surface area contributed by atoms with Crippen molar-refractivity contribution in [3.63, 3.8) is 0 Å². The minimum Gasteiger partial charge on any atom is -0.369 e. The van der Waals surface area contributed by atoms with Gasteiger partial charge in [0.05, 0.1) is 12.9 Å². The number of nitrogens with zero attached hydrogens (tertiary/aromatic N) is 3. The zero-order valence-corrected chi connectivity index (χ0v) is 12.4. The van der Waals surface area contributed by atoms with E-state index in [1.165, 1.54) is 24.7 Å². The van der Waals surface area contributed by atoms with Crippen LogP contribution in [0.25, 0.3) is 11.2 Å². The van der Waals surface area contributed by atoms with Crippen LogP contribution < -0.4 is 11.3 Å². The molecule has 116 valence electrons. The maximum Gasteiger partial charge on any atom is 0.356 e. The fraction of sp³-hybridized carbons (Fsp3) is 0.500. The first-order chi connectivity index (χ1) is 9.62. The van der Waals surface area contributed by atoms with Crippen LogP contribution in [0.15, 0.2) is 11.1 Å². The molecular formula is C10H16N5O5P. The number of anilines is 1. The molecule has 0 aromatic carbocycles. The van der Waals surface area contributed by atoms with Crippen LogP contribution in [0.2, 0.25) is 0 Å². The molecule has 5 N–H and O–H groups in total. The van der Waals surface area contributed by atoms with Gasteiger partial charge in [-0.3, -0.25) is 14.3 Å². The van der Waals surface area contributed by atoms with Gasteiger partial charge in [-0.2, -0.15) is 4.98 Å². The van der Waals surface area contributed by atoms with Crippen molar-refractivity contribution in [3.8, 4) is 0 Å². The SMILES string of the molecule is CC(C)(OCCn1cnc2c(=O)[nH]c(N)nc21)P(=O)(O)O. The Morgan fingerprint density at radius 3 is 2.81 bits per heavy atom. The first-order valence-corrected chi connectivity index (χ1v) is 7.63. The number of ether oxygens (including phenoxy) is 1. The number of aromatic amines is 1. The summed E-state index contributed by atoms with van der Waals surface area (Å²) in [6.07, 6.45) is 1.39. The molecule has 11 heteroatoms. The third-order valence-electron chi connectivity index (χ3n) is 2.98. The van der Waals surface area contributed by atoms with Crippen molar-refractivity contribution < 1.29 is 19.1 Å². The number of fused-ring (bicyclic) bond motifs is 1. The van der Waals surface area contributed by atoms with Gasteiger partial charge in [0.15, 0.2) is 16.5 Å². The molecule has 10 nitrogen and oxygen atoms in total. The number of H-pyrrole nitrogens is 1. The van der Waals surface area contributed by atoms with Crippen LogP contribution in [-0.2, 0) is 15.8 Å². The number of nitrogen functional groups attached to an aromatic ring is 1. The highest BCUT2D eigenvalue weighted by atomic mass is 31.2. The third kappa shape index (κ3) is 3.13. The number of rotatable bonds is 5. The molecule has 2 aromatic heterocycles. The number of nitrogens with one attached hydrogen (secondary N) is 1. The first kappa shape index (κ1) is 15.6. The summed E-state index contributed by atoms with van der Waals surface area (Å²) in [7, 11) is -4.38. The fourth-order valence-corrected chi connectivity index (χ4v) is 1.87. The van der Waals surface area contributed by atoms with Crippen molar-refractivity contribution >= 4 is 24.7 Å². The van der Waals surface area contributed by atoms with Crippen molar-refractivity contribution in [1.29, 1.82) is 0 Å². The summed E-state index contributed by atoms with van der Waals surface area (Å²) >= 11 is 0. The Bertz CT molecular complexity index is 761. The Morgan fingerprint density at radius 1 is 1.52 bits per heavy atom. The van der Waals surface area contributed by atoms with E-state index in [-0.39, 0.29) is 30.3 Å². The van der Waals surface area contributed by atoms with Gasteiger partial charge in [0, 0.05) is 6.54 Å². The van der Waals surface area contributed by atoms with Crippen LogP contribution in [0.4, 0.5) is 5.95 Å². The topological polar surface area (TPSA) is 156 Å². The Hall–Kier alpha value is -1.74. The molecule has 0 bridgehead atoms. The summed E-state index contributed by atoms with van der Waals surface area (Å²) in [5, 5.41) is -1.59. The van der Waals surface area contributed by atoms with Crippen molar-refractivity contribution in [2.75, 3.05) is 12.3 Å². The van der Waals surface area contributed by atoms with Crippen molar-refractivity contribution in [1.82, 2.24) is 19.5 Å². The minimum atomic E-state index is -4.38. The second kappa shape index (κ2) is 5.23. The van der Waals surface area contributed by atoms with E-state index in [1.54, 1.807) is 0 Å². The Morgan fingerprint density at radius 2 is 2.19 bits per heavy atom. The molecule has 0 aliphatic carbocycles. The highest BCUT2D eigenvalue weighted by Gasteiger charge is 2.38. The lowest BCUT2D eigenvalue weighted by Gasteiger charge is -2.26. The molecule has 21 heavy (non-hydrogen) atoms. The monoisotopic (exact) mass is 317 g/mol. The van der Waals surface area contributed by atoms with Gasteiger partial charge in [-0.15, -0.1) is 0 Å². The van der Waals surface area contributed by atoms with Gasteiger partial charge in [-0.25, -0.2) is 4.98 Å². The van der Waals surface area contributed by atoms with Gasteiger partial charge in [0.2, 0.25) is 5.95 Å². The molecule has 0 atom stereocenters. The van der Waals surface area contributed by atoms with Gasteiger partial charge in [-0.05, 0) is 13.8 Å². The summed E-state index contributed by atoms with van der Waals surface area (Å²) < 4.78 is 18.0. The molecule has 2 heterocycles. The fourth-order valence-electron chi connectivity index (χ4n) is 1.61. The lowest BCUT2D eigenvalue weighted by atomic mass is 10.4. The zero-order chi connectivity index (χ0) is 15.8. The summed E-state index contributed by atoms with van der Waals surface area (Å²) in [6.45, 7) is 2.84. The lowest BCUT2D eigenvalue weighted by molar-refractivity contribution is 0.0207. The van der Waals surface area contributed by atoms with Crippen molar-refractivity contribution in [2.45, 2.75) is 25.7 Å². The summed E-state index contributed by atoms with van der Waals surface area (Å²) in [6, 6.07) is 0. The molecule has 2 rings (SSSR count). The largest absolute Gasteiger partial charge is 0.369 e. The number of aromatic nitrogens is 4. The third-order valence-corrected chi connectivity index (χ3v) is 4.51. The molecule has 0 amide bonds. The van der Waals surface area contributed by atoms with Gasteiger partial charge in [0.25, 0.3) is 5.56 Å². The molecule has 0 saturated heterocycles.